The monoisotopic (exact) mass is 382 g/mol. The van der Waals surface area contributed by atoms with Gasteiger partial charge in [0.1, 0.15) is 0 Å². The van der Waals surface area contributed by atoms with E-state index in [0.717, 1.165) is 39.1 Å². The largest absolute Gasteiger partial charge is 0.369 e. The van der Waals surface area contributed by atoms with Crippen molar-refractivity contribution in [3.63, 3.8) is 0 Å². The van der Waals surface area contributed by atoms with E-state index in [1.807, 2.05) is 0 Å². The molecule has 0 atom stereocenters. The Kier molecular flexibility index (Phi) is 7.25. The Morgan fingerprint density at radius 3 is 2.61 bits per heavy atom. The maximum atomic E-state index is 12.0. The summed E-state index contributed by atoms with van der Waals surface area (Å²) in [6.07, 6.45) is 2.99. The van der Waals surface area contributed by atoms with Gasteiger partial charge in [-0.15, -0.1) is 0 Å². The van der Waals surface area contributed by atoms with Gasteiger partial charge in [0, 0.05) is 63.6 Å². The number of aromatic nitrogens is 1. The smallest absolute Gasteiger partial charge is 0.250 e. The van der Waals surface area contributed by atoms with Crippen LogP contribution in [-0.4, -0.2) is 54.6 Å². The third-order valence-corrected chi connectivity index (χ3v) is 5.19. The van der Waals surface area contributed by atoms with Gasteiger partial charge in [-0.3, -0.25) is 14.5 Å². The summed E-state index contributed by atoms with van der Waals surface area (Å²) in [5.41, 5.74) is 2.54. The number of amides is 1. The van der Waals surface area contributed by atoms with Gasteiger partial charge in [-0.2, -0.15) is 0 Å². The third-order valence-electron chi connectivity index (χ3n) is 5.19. The number of nitrogens with one attached hydrogen (secondary N) is 1. The van der Waals surface area contributed by atoms with Gasteiger partial charge in [0.25, 0.3) is 5.56 Å². The van der Waals surface area contributed by atoms with Crippen LogP contribution < -0.4 is 15.8 Å². The van der Waals surface area contributed by atoms with E-state index >= 15 is 0 Å². The number of aryl methyl sites for hydroxylation is 2. The number of hydrogen-bond acceptors (Lipinski definition) is 4. The summed E-state index contributed by atoms with van der Waals surface area (Å²) in [5.74, 6) is 0.0000183. The van der Waals surface area contributed by atoms with Crippen LogP contribution in [0.15, 0.2) is 53.5 Å². The lowest BCUT2D eigenvalue weighted by Crippen LogP contribution is -2.47. The van der Waals surface area contributed by atoms with E-state index in [1.54, 1.807) is 22.9 Å². The number of hydrogen-bond donors (Lipinski definition) is 1. The van der Waals surface area contributed by atoms with Crippen molar-refractivity contribution in [2.45, 2.75) is 26.3 Å². The van der Waals surface area contributed by atoms with Gasteiger partial charge in [0.05, 0.1) is 0 Å². The molecule has 0 bridgehead atoms. The molecule has 1 saturated heterocycles. The van der Waals surface area contributed by atoms with E-state index in [0.29, 0.717) is 19.5 Å². The van der Waals surface area contributed by atoms with Crippen LogP contribution in [0.1, 0.15) is 18.4 Å². The van der Waals surface area contributed by atoms with Gasteiger partial charge in [-0.25, -0.2) is 0 Å². The molecule has 28 heavy (non-hydrogen) atoms. The van der Waals surface area contributed by atoms with Crippen molar-refractivity contribution in [3.05, 3.63) is 64.6 Å². The van der Waals surface area contributed by atoms with Crippen LogP contribution in [-0.2, 0) is 11.3 Å². The van der Waals surface area contributed by atoms with E-state index in [2.05, 4.69) is 46.3 Å². The van der Waals surface area contributed by atoms with Gasteiger partial charge < -0.3 is 14.8 Å². The number of carbonyl (C=O) groups is 1. The molecule has 1 aliphatic rings. The van der Waals surface area contributed by atoms with Gasteiger partial charge in [0.2, 0.25) is 5.91 Å². The SMILES string of the molecule is Cc1cccc(N2CCN(CCCNC(=O)CCn3ccccc3=O)CC2)c1. The normalized spacial score (nSPS) is 14.8. The number of nitrogens with zero attached hydrogens (tertiary/aromatic N) is 3. The second kappa shape index (κ2) is 10.1. The van der Waals surface area contributed by atoms with Crippen LogP contribution in [0.4, 0.5) is 5.69 Å². The average molecular weight is 383 g/mol. The fourth-order valence-corrected chi connectivity index (χ4v) is 3.54. The molecule has 1 aliphatic heterocycles. The van der Waals surface area contributed by atoms with Crippen molar-refractivity contribution >= 4 is 11.6 Å². The van der Waals surface area contributed by atoms with Gasteiger partial charge in [-0.05, 0) is 43.7 Å². The molecule has 0 aliphatic carbocycles. The molecule has 0 unspecified atom stereocenters. The van der Waals surface area contributed by atoms with Crippen molar-refractivity contribution in [1.82, 2.24) is 14.8 Å². The van der Waals surface area contributed by atoms with Crippen LogP contribution >= 0.6 is 0 Å². The molecule has 0 saturated carbocycles. The Morgan fingerprint density at radius 1 is 1.04 bits per heavy atom. The molecule has 150 valence electrons. The summed E-state index contributed by atoms with van der Waals surface area (Å²) >= 11 is 0. The zero-order valence-electron chi connectivity index (χ0n) is 16.6. The number of benzene rings is 1. The highest BCUT2D eigenvalue weighted by Gasteiger charge is 2.16. The van der Waals surface area contributed by atoms with Crippen LogP contribution in [0.3, 0.4) is 0 Å². The zero-order chi connectivity index (χ0) is 19.8. The molecule has 1 amide bonds. The molecule has 3 rings (SSSR count). The third kappa shape index (κ3) is 5.96. The fourth-order valence-electron chi connectivity index (χ4n) is 3.54. The van der Waals surface area contributed by atoms with Crippen molar-refractivity contribution in [1.29, 1.82) is 0 Å². The number of piperazine rings is 1. The maximum Gasteiger partial charge on any atom is 0.250 e. The molecule has 1 N–H and O–H groups in total. The standard InChI is InChI=1S/C22H30N4O2/c1-19-6-4-7-20(18-19)25-16-14-24(15-17-25)11-5-10-23-21(27)9-13-26-12-3-2-8-22(26)28/h2-4,6-8,12,18H,5,9-11,13-17H2,1H3,(H,23,27). The summed E-state index contributed by atoms with van der Waals surface area (Å²) < 4.78 is 1.56. The average Bonchev–Trinajstić information content (AvgIpc) is 2.71. The van der Waals surface area contributed by atoms with Crippen LogP contribution in [0.25, 0.3) is 0 Å². The van der Waals surface area contributed by atoms with E-state index in [-0.39, 0.29) is 11.5 Å². The number of pyridine rings is 1. The van der Waals surface area contributed by atoms with Crippen molar-refractivity contribution in [3.8, 4) is 0 Å². The molecule has 0 spiro atoms. The maximum absolute atomic E-state index is 12.0. The number of rotatable bonds is 8. The second-order valence-corrected chi connectivity index (χ2v) is 7.35. The Bertz CT molecular complexity index is 825. The lowest BCUT2D eigenvalue weighted by molar-refractivity contribution is -0.121. The molecule has 0 radical (unpaired) electrons. The summed E-state index contributed by atoms with van der Waals surface area (Å²) in [6.45, 7) is 8.43. The van der Waals surface area contributed by atoms with E-state index < -0.39 is 0 Å². The molecular weight excluding hydrogens is 352 g/mol. The topological polar surface area (TPSA) is 57.6 Å². The molecule has 2 aromatic rings. The first kappa shape index (κ1) is 20.1. The van der Waals surface area contributed by atoms with Gasteiger partial charge >= 0.3 is 0 Å². The van der Waals surface area contributed by atoms with Crippen molar-refractivity contribution < 1.29 is 4.79 Å². The first-order chi connectivity index (χ1) is 13.6. The predicted octanol–water partition coefficient (Wildman–Crippen LogP) is 1.88. The molecule has 6 heteroatoms. The number of anilines is 1. The lowest BCUT2D eigenvalue weighted by atomic mass is 10.2. The van der Waals surface area contributed by atoms with Gasteiger partial charge in [-0.1, -0.05) is 18.2 Å². The van der Waals surface area contributed by atoms with Gasteiger partial charge in [0.15, 0.2) is 0 Å². The summed E-state index contributed by atoms with van der Waals surface area (Å²) in [6, 6.07) is 13.7. The minimum absolute atomic E-state index is 0.0000183. The van der Waals surface area contributed by atoms with Crippen molar-refractivity contribution in [2.24, 2.45) is 0 Å². The highest BCUT2D eigenvalue weighted by Crippen LogP contribution is 2.17. The number of carbonyl (C=O) groups excluding carboxylic acids is 1. The molecule has 1 aromatic heterocycles. The highest BCUT2D eigenvalue weighted by molar-refractivity contribution is 5.75. The highest BCUT2D eigenvalue weighted by atomic mass is 16.1. The minimum Gasteiger partial charge on any atom is -0.369 e. The Morgan fingerprint density at radius 2 is 1.86 bits per heavy atom. The molecular formula is C22H30N4O2. The Labute approximate surface area is 166 Å². The Balaban J connectivity index is 1.29. The molecule has 2 heterocycles. The van der Waals surface area contributed by atoms with Crippen LogP contribution in [0.2, 0.25) is 0 Å². The first-order valence-electron chi connectivity index (χ1n) is 10.1. The minimum atomic E-state index is -0.0693. The Hall–Kier alpha value is -2.60. The summed E-state index contributed by atoms with van der Waals surface area (Å²) in [7, 11) is 0. The summed E-state index contributed by atoms with van der Waals surface area (Å²) in [4.78, 5) is 28.5. The van der Waals surface area contributed by atoms with E-state index in [9.17, 15) is 9.59 Å². The van der Waals surface area contributed by atoms with E-state index in [1.165, 1.54) is 17.3 Å². The first-order valence-corrected chi connectivity index (χ1v) is 10.1. The fraction of sp³-hybridized carbons (Fsp3) is 0.455. The van der Waals surface area contributed by atoms with Crippen LogP contribution in [0, 0.1) is 6.92 Å². The van der Waals surface area contributed by atoms with Crippen LogP contribution in [0.5, 0.6) is 0 Å². The molecule has 6 nitrogen and oxygen atoms in total. The predicted molar refractivity (Wildman–Crippen MR) is 113 cm³/mol. The quantitative estimate of drug-likeness (QED) is 0.709. The lowest BCUT2D eigenvalue weighted by Gasteiger charge is -2.36. The van der Waals surface area contributed by atoms with Crippen molar-refractivity contribution in [2.75, 3.05) is 44.2 Å². The zero-order valence-corrected chi connectivity index (χ0v) is 16.6. The second-order valence-electron chi connectivity index (χ2n) is 7.35. The van der Waals surface area contributed by atoms with E-state index in [4.69, 9.17) is 0 Å². The molecule has 1 fully saturated rings. The molecule has 1 aromatic carbocycles. The summed E-state index contributed by atoms with van der Waals surface area (Å²) in [5, 5.41) is 2.96.